The number of nitrogens with zero attached hydrogens (tertiary/aromatic N) is 5. The summed E-state index contributed by atoms with van der Waals surface area (Å²) in [7, 11) is 0. The summed E-state index contributed by atoms with van der Waals surface area (Å²) in [5, 5.41) is 0. The normalized spacial score (nSPS) is 14.4. The van der Waals surface area contributed by atoms with Crippen LogP contribution in [0.15, 0.2) is 18.5 Å². The Kier molecular flexibility index (Phi) is 3.81. The van der Waals surface area contributed by atoms with Gasteiger partial charge in [0.25, 0.3) is 0 Å². The van der Waals surface area contributed by atoms with Gasteiger partial charge < -0.3 is 15.4 Å². The Morgan fingerprint density at radius 1 is 1.19 bits per heavy atom. The zero-order valence-corrected chi connectivity index (χ0v) is 12.0. The highest BCUT2D eigenvalue weighted by Crippen LogP contribution is 2.23. The van der Waals surface area contributed by atoms with E-state index in [1.807, 2.05) is 13.0 Å². The minimum absolute atomic E-state index is 0.226. The largest absolute Gasteiger partial charge is 0.492 e. The van der Waals surface area contributed by atoms with E-state index in [9.17, 15) is 0 Å². The predicted molar refractivity (Wildman–Crippen MR) is 80.1 cm³/mol. The average Bonchev–Trinajstić information content (AvgIpc) is 3.01. The second-order valence-corrected chi connectivity index (χ2v) is 4.85. The van der Waals surface area contributed by atoms with E-state index in [1.165, 1.54) is 0 Å². The second kappa shape index (κ2) is 5.90. The van der Waals surface area contributed by atoms with E-state index >= 15 is 0 Å². The Hall–Kier alpha value is -2.44. The monoisotopic (exact) mass is 286 g/mol. The molecule has 0 spiro atoms. The summed E-state index contributed by atoms with van der Waals surface area (Å²) in [6.45, 7) is 4.43. The highest BCUT2D eigenvalue weighted by Gasteiger charge is 2.17. The van der Waals surface area contributed by atoms with Crippen LogP contribution in [0.4, 0.5) is 11.9 Å². The molecular formula is C14H18N6O. The predicted octanol–water partition coefficient (Wildman–Crippen LogP) is 1.51. The van der Waals surface area contributed by atoms with Crippen molar-refractivity contribution in [2.24, 2.45) is 0 Å². The van der Waals surface area contributed by atoms with Gasteiger partial charge in [-0.2, -0.15) is 15.0 Å². The van der Waals surface area contributed by atoms with Crippen LogP contribution in [0.5, 0.6) is 5.75 Å². The van der Waals surface area contributed by atoms with Crippen molar-refractivity contribution in [3.05, 3.63) is 18.5 Å². The number of aromatic nitrogens is 4. The Balaban J connectivity index is 1.95. The number of pyridine rings is 1. The fourth-order valence-corrected chi connectivity index (χ4v) is 2.36. The van der Waals surface area contributed by atoms with Crippen molar-refractivity contribution in [3.8, 4) is 17.1 Å². The van der Waals surface area contributed by atoms with Gasteiger partial charge in [0, 0.05) is 24.8 Å². The number of nitrogen functional groups attached to an aromatic ring is 1. The molecule has 0 unspecified atom stereocenters. The van der Waals surface area contributed by atoms with Gasteiger partial charge in [0.2, 0.25) is 11.9 Å². The molecule has 1 aliphatic rings. The molecule has 110 valence electrons. The van der Waals surface area contributed by atoms with Crippen LogP contribution in [0.3, 0.4) is 0 Å². The molecule has 2 N–H and O–H groups in total. The maximum atomic E-state index is 5.82. The third-order valence-electron chi connectivity index (χ3n) is 3.31. The van der Waals surface area contributed by atoms with E-state index in [0.29, 0.717) is 24.1 Å². The van der Waals surface area contributed by atoms with Gasteiger partial charge in [-0.3, -0.25) is 4.98 Å². The lowest BCUT2D eigenvalue weighted by atomic mass is 10.2. The van der Waals surface area contributed by atoms with Crippen LogP contribution >= 0.6 is 0 Å². The highest BCUT2D eigenvalue weighted by atomic mass is 16.5. The Morgan fingerprint density at radius 3 is 2.76 bits per heavy atom. The zero-order valence-electron chi connectivity index (χ0n) is 12.0. The molecule has 3 rings (SSSR count). The van der Waals surface area contributed by atoms with Gasteiger partial charge in [0.1, 0.15) is 5.75 Å². The SMILES string of the molecule is CCOc1cncc(-c2nc(N)nc(N3CCCC3)n2)c1. The summed E-state index contributed by atoms with van der Waals surface area (Å²) >= 11 is 0. The van der Waals surface area contributed by atoms with Gasteiger partial charge in [-0.15, -0.1) is 0 Å². The summed E-state index contributed by atoms with van der Waals surface area (Å²) in [6, 6.07) is 1.86. The molecular weight excluding hydrogens is 268 g/mol. The van der Waals surface area contributed by atoms with Gasteiger partial charge in [0.15, 0.2) is 5.82 Å². The topological polar surface area (TPSA) is 90.0 Å². The molecule has 7 heteroatoms. The number of ether oxygens (including phenoxy) is 1. The van der Waals surface area contributed by atoms with E-state index in [0.717, 1.165) is 31.5 Å². The molecule has 7 nitrogen and oxygen atoms in total. The number of rotatable bonds is 4. The first-order valence-electron chi connectivity index (χ1n) is 7.11. The molecule has 1 saturated heterocycles. The number of nitrogens with two attached hydrogens (primary N) is 1. The van der Waals surface area contributed by atoms with Crippen LogP contribution in [0.25, 0.3) is 11.4 Å². The van der Waals surface area contributed by atoms with Gasteiger partial charge in [-0.05, 0) is 25.8 Å². The van der Waals surface area contributed by atoms with Gasteiger partial charge in [-0.25, -0.2) is 0 Å². The maximum absolute atomic E-state index is 5.82. The summed E-state index contributed by atoms with van der Waals surface area (Å²) in [5.74, 6) is 2.08. The van der Waals surface area contributed by atoms with Crippen molar-refractivity contribution in [1.29, 1.82) is 0 Å². The van der Waals surface area contributed by atoms with E-state index in [2.05, 4.69) is 24.8 Å². The molecule has 2 aromatic heterocycles. The van der Waals surface area contributed by atoms with Gasteiger partial charge >= 0.3 is 0 Å². The van der Waals surface area contributed by atoms with Crippen molar-refractivity contribution in [2.45, 2.75) is 19.8 Å². The fraction of sp³-hybridized carbons (Fsp3) is 0.429. The molecule has 0 aromatic carbocycles. The first kappa shape index (κ1) is 13.5. The van der Waals surface area contributed by atoms with Crippen LogP contribution in [-0.2, 0) is 0 Å². The smallest absolute Gasteiger partial charge is 0.230 e. The van der Waals surface area contributed by atoms with E-state index in [4.69, 9.17) is 10.5 Å². The summed E-state index contributed by atoms with van der Waals surface area (Å²) in [6.07, 6.45) is 5.68. The summed E-state index contributed by atoms with van der Waals surface area (Å²) in [4.78, 5) is 19.2. The Labute approximate surface area is 123 Å². The lowest BCUT2D eigenvalue weighted by molar-refractivity contribution is 0.339. The van der Waals surface area contributed by atoms with Crippen LogP contribution in [0.2, 0.25) is 0 Å². The number of hydrogen-bond acceptors (Lipinski definition) is 7. The molecule has 21 heavy (non-hydrogen) atoms. The highest BCUT2D eigenvalue weighted by molar-refractivity contribution is 5.58. The van der Waals surface area contributed by atoms with Crippen molar-refractivity contribution >= 4 is 11.9 Å². The average molecular weight is 286 g/mol. The first-order chi connectivity index (χ1) is 10.3. The maximum Gasteiger partial charge on any atom is 0.230 e. The molecule has 2 aromatic rings. The van der Waals surface area contributed by atoms with Crippen molar-refractivity contribution in [2.75, 3.05) is 30.3 Å². The Bertz CT molecular complexity index is 627. The molecule has 0 bridgehead atoms. The standard InChI is InChI=1S/C14H18N6O/c1-2-21-11-7-10(8-16-9-11)12-17-13(15)19-14(18-12)20-5-3-4-6-20/h7-9H,2-6H2,1H3,(H2,15,17,18,19). The van der Waals surface area contributed by atoms with Crippen molar-refractivity contribution in [3.63, 3.8) is 0 Å². The third kappa shape index (κ3) is 3.01. The van der Waals surface area contributed by atoms with Crippen LogP contribution in [-0.4, -0.2) is 39.6 Å². The second-order valence-electron chi connectivity index (χ2n) is 4.85. The van der Waals surface area contributed by atoms with Crippen molar-refractivity contribution in [1.82, 2.24) is 19.9 Å². The Morgan fingerprint density at radius 2 is 2.00 bits per heavy atom. The lowest BCUT2D eigenvalue weighted by Crippen LogP contribution is -2.21. The first-order valence-corrected chi connectivity index (χ1v) is 7.11. The third-order valence-corrected chi connectivity index (χ3v) is 3.31. The molecule has 0 saturated carbocycles. The molecule has 0 radical (unpaired) electrons. The molecule has 0 atom stereocenters. The molecule has 1 fully saturated rings. The molecule has 0 amide bonds. The van der Waals surface area contributed by atoms with Crippen molar-refractivity contribution < 1.29 is 4.74 Å². The van der Waals surface area contributed by atoms with Crippen LogP contribution in [0, 0.1) is 0 Å². The zero-order chi connectivity index (χ0) is 14.7. The quantitative estimate of drug-likeness (QED) is 0.911. The molecule has 1 aliphatic heterocycles. The number of hydrogen-bond donors (Lipinski definition) is 1. The van der Waals surface area contributed by atoms with E-state index in [1.54, 1.807) is 12.4 Å². The summed E-state index contributed by atoms with van der Waals surface area (Å²) < 4.78 is 5.45. The molecule has 3 heterocycles. The number of anilines is 2. The minimum Gasteiger partial charge on any atom is -0.492 e. The van der Waals surface area contributed by atoms with Crippen LogP contribution in [0.1, 0.15) is 19.8 Å². The minimum atomic E-state index is 0.226. The van der Waals surface area contributed by atoms with E-state index in [-0.39, 0.29) is 5.95 Å². The van der Waals surface area contributed by atoms with E-state index < -0.39 is 0 Å². The fourth-order valence-electron chi connectivity index (χ4n) is 2.36. The van der Waals surface area contributed by atoms with Gasteiger partial charge in [-0.1, -0.05) is 0 Å². The van der Waals surface area contributed by atoms with Crippen LogP contribution < -0.4 is 15.4 Å². The summed E-state index contributed by atoms with van der Waals surface area (Å²) in [5.41, 5.74) is 6.59. The molecule has 0 aliphatic carbocycles. The lowest BCUT2D eigenvalue weighted by Gasteiger charge is -2.15. The van der Waals surface area contributed by atoms with Gasteiger partial charge in [0.05, 0.1) is 12.8 Å².